The molecule has 13 nitrogen and oxygen atoms in total. The molecule has 3 rings (SSSR count). The van der Waals surface area contributed by atoms with E-state index in [2.05, 4.69) is 5.32 Å². The Kier molecular flexibility index (Phi) is 8.70. The first-order valence-electron chi connectivity index (χ1n) is 11.1. The molecular formula is C20H38N4O9. The van der Waals surface area contributed by atoms with Crippen molar-refractivity contribution in [2.75, 3.05) is 20.2 Å². The minimum Gasteiger partial charge on any atom is -0.465 e. The SMILES string of the molecule is CNC1C(O)C(OC2C(N)CC(N)C(OC3OC(CN)=CCC3O)C2O)OC(CO)C1(C)O. The molecule has 12 atom stereocenters. The van der Waals surface area contributed by atoms with Crippen molar-refractivity contribution in [2.24, 2.45) is 17.2 Å². The van der Waals surface area contributed by atoms with Gasteiger partial charge < -0.3 is 67.0 Å². The lowest BCUT2D eigenvalue weighted by molar-refractivity contribution is -0.329. The highest BCUT2D eigenvalue weighted by Gasteiger charge is 2.54. The van der Waals surface area contributed by atoms with E-state index in [9.17, 15) is 25.5 Å². The normalized spacial score (nSPS) is 48.8. The topological polar surface area (TPSA) is 228 Å². The second kappa shape index (κ2) is 10.8. The summed E-state index contributed by atoms with van der Waals surface area (Å²) in [6, 6.07) is -2.32. The third kappa shape index (κ3) is 5.34. The number of nitrogens with two attached hydrogens (primary N) is 3. The first-order valence-corrected chi connectivity index (χ1v) is 11.1. The van der Waals surface area contributed by atoms with Crippen LogP contribution in [0.2, 0.25) is 0 Å². The van der Waals surface area contributed by atoms with Crippen LogP contribution in [0.15, 0.2) is 11.8 Å². The van der Waals surface area contributed by atoms with Crippen LogP contribution in [0.4, 0.5) is 0 Å². The fraction of sp³-hybridized carbons (Fsp3) is 0.900. The fourth-order valence-electron chi connectivity index (χ4n) is 4.72. The van der Waals surface area contributed by atoms with Gasteiger partial charge in [0.2, 0.25) is 6.29 Å². The number of likely N-dealkylation sites (N-methyl/N-ethyl adjacent to an activating group) is 1. The van der Waals surface area contributed by atoms with Crippen LogP contribution < -0.4 is 22.5 Å². The van der Waals surface area contributed by atoms with E-state index in [1.165, 1.54) is 6.92 Å². The molecule has 0 spiro atoms. The van der Waals surface area contributed by atoms with Gasteiger partial charge in [0.25, 0.3) is 0 Å². The highest BCUT2D eigenvalue weighted by molar-refractivity contribution is 5.05. The average Bonchev–Trinajstić information content (AvgIpc) is 2.76. The lowest BCUT2D eigenvalue weighted by atomic mass is 9.82. The maximum absolute atomic E-state index is 11.0. The molecule has 1 saturated carbocycles. The van der Waals surface area contributed by atoms with Gasteiger partial charge in [0.1, 0.15) is 48.0 Å². The van der Waals surface area contributed by atoms with Crippen molar-refractivity contribution in [1.82, 2.24) is 5.32 Å². The summed E-state index contributed by atoms with van der Waals surface area (Å²) in [5.74, 6) is 0.451. The standard InChI is InChI=1S/C20H38N4O9/c1-20(29)12(7-25)31-19(14(28)17(20)24-2)33-16-10(23)5-9(22)15(13(16)27)32-18-11(26)4-3-8(6-21)30-18/h3,9-19,24-29H,4-7,21-23H2,1-2H3. The van der Waals surface area contributed by atoms with E-state index in [1.807, 2.05) is 0 Å². The van der Waals surface area contributed by atoms with E-state index < -0.39 is 79.5 Å². The van der Waals surface area contributed by atoms with E-state index in [1.54, 1.807) is 13.1 Å². The largest absolute Gasteiger partial charge is 0.465 e. The third-order valence-electron chi connectivity index (χ3n) is 6.69. The Hall–Kier alpha value is -0.940. The Bertz CT molecular complexity index is 684. The van der Waals surface area contributed by atoms with Gasteiger partial charge in [0.05, 0.1) is 19.2 Å². The number of rotatable bonds is 7. The van der Waals surface area contributed by atoms with Crippen LogP contribution in [0, 0.1) is 0 Å². The molecule has 0 radical (unpaired) electrons. The second-order valence-corrected chi connectivity index (χ2v) is 9.08. The fourth-order valence-corrected chi connectivity index (χ4v) is 4.72. The summed E-state index contributed by atoms with van der Waals surface area (Å²) in [4.78, 5) is 0. The number of ether oxygens (including phenoxy) is 4. The van der Waals surface area contributed by atoms with Crippen LogP contribution in [-0.2, 0) is 18.9 Å². The number of hydrogen-bond acceptors (Lipinski definition) is 13. The zero-order valence-corrected chi connectivity index (χ0v) is 18.9. The minimum atomic E-state index is -1.59. The highest BCUT2D eigenvalue weighted by atomic mass is 16.7. The van der Waals surface area contributed by atoms with Crippen LogP contribution in [0.1, 0.15) is 19.8 Å². The molecule has 13 heteroatoms. The van der Waals surface area contributed by atoms with Crippen molar-refractivity contribution in [3.63, 3.8) is 0 Å². The average molecular weight is 479 g/mol. The third-order valence-corrected chi connectivity index (χ3v) is 6.69. The number of aliphatic hydroxyl groups excluding tert-OH is 4. The summed E-state index contributed by atoms with van der Waals surface area (Å²) in [6.45, 7) is 1.03. The molecule has 1 aliphatic carbocycles. The zero-order valence-electron chi connectivity index (χ0n) is 18.9. The molecule has 12 unspecified atom stereocenters. The Morgan fingerprint density at radius 2 is 1.73 bits per heavy atom. The number of aliphatic hydroxyl groups is 5. The van der Waals surface area contributed by atoms with Crippen LogP contribution in [-0.4, -0.2) is 119 Å². The minimum absolute atomic E-state index is 0.127. The first-order chi connectivity index (χ1) is 15.5. The molecular weight excluding hydrogens is 440 g/mol. The van der Waals surface area contributed by atoms with Crippen molar-refractivity contribution in [2.45, 2.75) is 92.7 Å². The van der Waals surface area contributed by atoms with Crippen molar-refractivity contribution in [1.29, 1.82) is 0 Å². The molecule has 2 fully saturated rings. The van der Waals surface area contributed by atoms with E-state index in [0.29, 0.717) is 5.76 Å². The van der Waals surface area contributed by atoms with Crippen molar-refractivity contribution >= 4 is 0 Å². The van der Waals surface area contributed by atoms with Crippen LogP contribution in [0.3, 0.4) is 0 Å². The molecule has 0 aromatic heterocycles. The predicted molar refractivity (Wildman–Crippen MR) is 114 cm³/mol. The molecule has 192 valence electrons. The molecule has 0 bridgehead atoms. The summed E-state index contributed by atoms with van der Waals surface area (Å²) >= 11 is 0. The maximum Gasteiger partial charge on any atom is 0.226 e. The van der Waals surface area contributed by atoms with Crippen LogP contribution in [0.5, 0.6) is 0 Å². The summed E-state index contributed by atoms with van der Waals surface area (Å²) < 4.78 is 22.9. The maximum atomic E-state index is 11.0. The van der Waals surface area contributed by atoms with Gasteiger partial charge in [-0.2, -0.15) is 0 Å². The van der Waals surface area contributed by atoms with Gasteiger partial charge in [-0.3, -0.25) is 0 Å². The molecule has 0 amide bonds. The molecule has 3 aliphatic rings. The Morgan fingerprint density at radius 3 is 2.27 bits per heavy atom. The smallest absolute Gasteiger partial charge is 0.226 e. The lowest BCUT2D eigenvalue weighted by Gasteiger charge is -2.50. The van der Waals surface area contributed by atoms with Crippen LogP contribution in [0.25, 0.3) is 0 Å². The summed E-state index contributed by atoms with van der Waals surface area (Å²) in [5, 5.41) is 55.2. The van der Waals surface area contributed by atoms with E-state index >= 15 is 0 Å². The van der Waals surface area contributed by atoms with Crippen LogP contribution >= 0.6 is 0 Å². The van der Waals surface area contributed by atoms with Gasteiger partial charge in [-0.15, -0.1) is 0 Å². The zero-order chi connectivity index (χ0) is 24.5. The van der Waals surface area contributed by atoms with Crippen molar-refractivity contribution in [3.8, 4) is 0 Å². The Labute approximate surface area is 192 Å². The number of hydrogen-bond donors (Lipinski definition) is 9. The van der Waals surface area contributed by atoms with E-state index in [4.69, 9.17) is 36.1 Å². The molecule has 33 heavy (non-hydrogen) atoms. The van der Waals surface area contributed by atoms with E-state index in [0.717, 1.165) is 0 Å². The predicted octanol–water partition coefficient (Wildman–Crippen LogP) is -4.46. The Morgan fingerprint density at radius 1 is 1.12 bits per heavy atom. The van der Waals surface area contributed by atoms with Gasteiger partial charge in [0.15, 0.2) is 6.29 Å². The lowest BCUT2D eigenvalue weighted by Crippen LogP contribution is -2.71. The molecule has 2 heterocycles. The summed E-state index contributed by atoms with van der Waals surface area (Å²) in [5.41, 5.74) is 16.4. The molecule has 0 aromatic carbocycles. The second-order valence-electron chi connectivity index (χ2n) is 9.08. The summed E-state index contributed by atoms with van der Waals surface area (Å²) in [7, 11) is 1.54. The van der Waals surface area contributed by atoms with Gasteiger partial charge in [-0.1, -0.05) is 0 Å². The van der Waals surface area contributed by atoms with E-state index in [-0.39, 0.29) is 19.4 Å². The van der Waals surface area contributed by atoms with Gasteiger partial charge >= 0.3 is 0 Å². The molecule has 12 N–H and O–H groups in total. The Balaban J connectivity index is 1.74. The van der Waals surface area contributed by atoms with Crippen molar-refractivity contribution in [3.05, 3.63) is 11.8 Å². The first kappa shape index (κ1) is 26.7. The van der Waals surface area contributed by atoms with Gasteiger partial charge in [0, 0.05) is 18.5 Å². The highest BCUT2D eigenvalue weighted by Crippen LogP contribution is 2.33. The molecule has 0 aromatic rings. The molecule has 1 saturated heterocycles. The number of nitrogens with one attached hydrogen (secondary N) is 1. The van der Waals surface area contributed by atoms with Gasteiger partial charge in [-0.25, -0.2) is 0 Å². The molecule has 2 aliphatic heterocycles. The van der Waals surface area contributed by atoms with Gasteiger partial charge in [-0.05, 0) is 26.5 Å². The monoisotopic (exact) mass is 478 g/mol. The summed E-state index contributed by atoms with van der Waals surface area (Å²) in [6.07, 6.45) is -7.10. The van der Waals surface area contributed by atoms with Crippen molar-refractivity contribution < 1.29 is 44.5 Å². The quantitative estimate of drug-likeness (QED) is 0.168.